The quantitative estimate of drug-likeness (QED) is 0.375. The molecule has 0 radical (unpaired) electrons. The average molecular weight is 504 g/mol. The number of nitrogens with zero attached hydrogens (tertiary/aromatic N) is 3. The summed E-state index contributed by atoms with van der Waals surface area (Å²) in [5, 5.41) is 15.4. The molecular weight excluding hydrogens is 479 g/mol. The molecule has 5 rings (SSSR count). The summed E-state index contributed by atoms with van der Waals surface area (Å²) < 4.78 is 42.6. The molecule has 4 heterocycles. The molecule has 2 aliphatic rings. The molecule has 0 bridgehead atoms. The van der Waals surface area contributed by atoms with E-state index < -0.39 is 37.7 Å². The van der Waals surface area contributed by atoms with Crippen LogP contribution in [0.4, 0.5) is 5.82 Å². The highest BCUT2D eigenvalue weighted by molar-refractivity contribution is 7.48. The van der Waals surface area contributed by atoms with Crippen molar-refractivity contribution in [2.75, 3.05) is 18.9 Å². The van der Waals surface area contributed by atoms with Gasteiger partial charge in [-0.2, -0.15) is 5.10 Å². The number of fused-ring (bicyclic) bond motifs is 2. The van der Waals surface area contributed by atoms with E-state index in [1.54, 1.807) is 50.2 Å². The highest BCUT2D eigenvalue weighted by atomic mass is 31.2. The van der Waals surface area contributed by atoms with E-state index in [4.69, 9.17) is 28.8 Å². The molecule has 2 saturated heterocycles. The van der Waals surface area contributed by atoms with Crippen molar-refractivity contribution < 1.29 is 37.5 Å². The van der Waals surface area contributed by atoms with E-state index in [1.807, 2.05) is 0 Å². The van der Waals surface area contributed by atoms with Crippen LogP contribution in [-0.4, -0.2) is 57.2 Å². The van der Waals surface area contributed by atoms with Crippen LogP contribution in [0.15, 0.2) is 42.7 Å². The first kappa shape index (κ1) is 23.9. The van der Waals surface area contributed by atoms with E-state index in [0.29, 0.717) is 16.8 Å². The third kappa shape index (κ3) is 4.12. The number of aliphatic hydroxyl groups excluding tert-OH is 1. The maximum Gasteiger partial charge on any atom is 0.475 e. The van der Waals surface area contributed by atoms with Crippen LogP contribution in [0, 0.1) is 0 Å². The molecule has 35 heavy (non-hydrogen) atoms. The minimum Gasteiger partial charge on any atom is -0.462 e. The highest BCUT2D eigenvalue weighted by Crippen LogP contribution is 2.58. The number of aliphatic hydroxyl groups is 1. The van der Waals surface area contributed by atoms with E-state index in [9.17, 15) is 14.5 Å². The van der Waals surface area contributed by atoms with Gasteiger partial charge in [-0.05, 0) is 37.6 Å². The van der Waals surface area contributed by atoms with Crippen molar-refractivity contribution in [1.82, 2.24) is 14.6 Å². The second-order valence-electron chi connectivity index (χ2n) is 8.33. The molecule has 186 valence electrons. The third-order valence-corrected chi connectivity index (χ3v) is 7.58. The van der Waals surface area contributed by atoms with Crippen molar-refractivity contribution in [2.45, 2.75) is 44.4 Å². The summed E-state index contributed by atoms with van der Waals surface area (Å²) in [6, 6.07) is 10.1. The molecule has 2 aliphatic heterocycles. The Kier molecular flexibility index (Phi) is 6.12. The SMILES string of the molecule is CCOC(=O)c1ccccc1COP1(=O)OC[C@H]2O[C@@](C)(c3ccc4c(N)ncnn34)[C@H](O)[C@@H]2O1. The van der Waals surface area contributed by atoms with Gasteiger partial charge in [0.15, 0.2) is 5.82 Å². The van der Waals surface area contributed by atoms with Gasteiger partial charge in [0, 0.05) is 0 Å². The molecule has 0 amide bonds. The average Bonchev–Trinajstić information content (AvgIpc) is 3.39. The summed E-state index contributed by atoms with van der Waals surface area (Å²) in [7, 11) is -4.09. The largest absolute Gasteiger partial charge is 0.475 e. The maximum absolute atomic E-state index is 13.3. The number of rotatable bonds is 6. The molecule has 0 saturated carbocycles. The standard InChI is InChI=1S/C22H25N4O8P/c1-3-30-21(28)14-7-5-4-6-13(14)10-31-35(29)32-11-16-18(34-35)19(27)22(2,33-16)17-9-8-15-20(23)24-12-25-26(15)17/h4-9,12,16,18-19,27H,3,10-11H2,1-2H3,(H2,23,24,25)/t16-,18-,19-,22+,35?/m1/s1. The lowest BCUT2D eigenvalue weighted by Gasteiger charge is -2.31. The summed E-state index contributed by atoms with van der Waals surface area (Å²) in [4.78, 5) is 16.2. The van der Waals surface area contributed by atoms with Crippen molar-refractivity contribution in [3.63, 3.8) is 0 Å². The smallest absolute Gasteiger partial charge is 0.462 e. The number of phosphoric acid groups is 1. The Morgan fingerprint density at radius 3 is 2.94 bits per heavy atom. The fraction of sp³-hybridized carbons (Fsp3) is 0.409. The normalized spacial score (nSPS) is 30.3. The van der Waals surface area contributed by atoms with Gasteiger partial charge in [0.25, 0.3) is 0 Å². The van der Waals surface area contributed by atoms with Gasteiger partial charge in [0.05, 0.1) is 31.1 Å². The van der Waals surface area contributed by atoms with Crippen LogP contribution >= 0.6 is 7.82 Å². The summed E-state index contributed by atoms with van der Waals surface area (Å²) in [6.07, 6.45) is -1.63. The fourth-order valence-corrected chi connectivity index (χ4v) is 5.75. The van der Waals surface area contributed by atoms with Crippen LogP contribution in [0.25, 0.3) is 5.52 Å². The van der Waals surface area contributed by atoms with Gasteiger partial charge < -0.3 is 20.3 Å². The minimum atomic E-state index is -4.09. The van der Waals surface area contributed by atoms with Crippen molar-refractivity contribution in [3.05, 3.63) is 59.5 Å². The van der Waals surface area contributed by atoms with E-state index in [1.165, 1.54) is 10.8 Å². The maximum atomic E-state index is 13.3. The minimum absolute atomic E-state index is 0.130. The zero-order valence-corrected chi connectivity index (χ0v) is 20.0. The van der Waals surface area contributed by atoms with E-state index in [0.717, 1.165) is 0 Å². The number of carbonyl (C=O) groups is 1. The lowest BCUT2D eigenvalue weighted by molar-refractivity contribution is -0.0949. The van der Waals surface area contributed by atoms with Gasteiger partial charge in [-0.25, -0.2) is 18.9 Å². The molecule has 2 aromatic heterocycles. The Labute approximate surface area is 200 Å². The number of hydrogen-bond donors (Lipinski definition) is 2. The number of phosphoric ester groups is 1. The van der Waals surface area contributed by atoms with Gasteiger partial charge in [-0.3, -0.25) is 13.6 Å². The topological polar surface area (TPSA) is 157 Å². The summed E-state index contributed by atoms with van der Waals surface area (Å²) in [5.74, 6) is -0.241. The first-order valence-corrected chi connectivity index (χ1v) is 12.5. The van der Waals surface area contributed by atoms with Gasteiger partial charge in [-0.15, -0.1) is 0 Å². The molecule has 1 aromatic carbocycles. The predicted molar refractivity (Wildman–Crippen MR) is 121 cm³/mol. The molecule has 2 fully saturated rings. The summed E-state index contributed by atoms with van der Waals surface area (Å²) in [5.41, 5.74) is 6.48. The molecule has 3 aromatic rings. The third-order valence-electron chi connectivity index (χ3n) is 6.17. The lowest BCUT2D eigenvalue weighted by atomic mass is 9.93. The van der Waals surface area contributed by atoms with Crippen molar-refractivity contribution in [3.8, 4) is 0 Å². The van der Waals surface area contributed by atoms with Gasteiger partial charge in [-0.1, -0.05) is 18.2 Å². The van der Waals surface area contributed by atoms with Crippen LogP contribution in [0.3, 0.4) is 0 Å². The molecule has 5 atom stereocenters. The molecule has 0 aliphatic carbocycles. The highest BCUT2D eigenvalue weighted by Gasteiger charge is 2.59. The number of anilines is 1. The number of esters is 1. The summed E-state index contributed by atoms with van der Waals surface area (Å²) >= 11 is 0. The molecule has 13 heteroatoms. The number of benzene rings is 1. The molecule has 3 N–H and O–H groups in total. The van der Waals surface area contributed by atoms with E-state index in [-0.39, 0.29) is 31.2 Å². The molecule has 1 unspecified atom stereocenters. The van der Waals surface area contributed by atoms with Crippen LogP contribution in [0.1, 0.15) is 35.5 Å². The van der Waals surface area contributed by atoms with Crippen molar-refractivity contribution in [2.24, 2.45) is 0 Å². The van der Waals surface area contributed by atoms with Crippen molar-refractivity contribution >= 4 is 25.1 Å². The lowest BCUT2D eigenvalue weighted by Crippen LogP contribution is -2.42. The Hall–Kier alpha value is -2.86. The van der Waals surface area contributed by atoms with Crippen LogP contribution in [0.2, 0.25) is 0 Å². The first-order valence-electron chi connectivity index (χ1n) is 11.0. The van der Waals surface area contributed by atoms with Crippen molar-refractivity contribution in [1.29, 1.82) is 0 Å². The molecular formula is C22H25N4O8P. The van der Waals surface area contributed by atoms with Gasteiger partial charge in [0.1, 0.15) is 35.8 Å². The van der Waals surface area contributed by atoms with E-state index >= 15 is 0 Å². The second kappa shape index (κ2) is 8.98. The van der Waals surface area contributed by atoms with Crippen LogP contribution in [0.5, 0.6) is 0 Å². The Morgan fingerprint density at radius 2 is 2.14 bits per heavy atom. The number of nitrogen functional groups attached to an aromatic ring is 1. The van der Waals surface area contributed by atoms with Crippen LogP contribution in [-0.2, 0) is 39.8 Å². The molecule has 12 nitrogen and oxygen atoms in total. The Morgan fingerprint density at radius 1 is 1.34 bits per heavy atom. The number of aromatic nitrogens is 3. The number of carbonyl (C=O) groups excluding carboxylic acids is 1. The predicted octanol–water partition coefficient (Wildman–Crippen LogP) is 2.20. The monoisotopic (exact) mass is 504 g/mol. The number of nitrogens with two attached hydrogens (primary N) is 1. The molecule has 0 spiro atoms. The van der Waals surface area contributed by atoms with Crippen LogP contribution < -0.4 is 5.73 Å². The fourth-order valence-electron chi connectivity index (χ4n) is 4.38. The van der Waals surface area contributed by atoms with Gasteiger partial charge >= 0.3 is 13.8 Å². The summed E-state index contributed by atoms with van der Waals surface area (Å²) in [6.45, 7) is 3.25. The Balaban J connectivity index is 1.34. The zero-order chi connectivity index (χ0) is 24.8. The second-order valence-corrected chi connectivity index (χ2v) is 9.95. The number of ether oxygens (including phenoxy) is 2. The number of hydrogen-bond acceptors (Lipinski definition) is 11. The Bertz CT molecular complexity index is 1320. The van der Waals surface area contributed by atoms with Gasteiger partial charge in [0.2, 0.25) is 0 Å². The first-order chi connectivity index (χ1) is 16.8. The zero-order valence-electron chi connectivity index (χ0n) is 19.1. The van der Waals surface area contributed by atoms with E-state index in [2.05, 4.69) is 10.1 Å².